The summed E-state index contributed by atoms with van der Waals surface area (Å²) in [7, 11) is 0. The first kappa shape index (κ1) is 32.4. The van der Waals surface area contributed by atoms with Gasteiger partial charge in [0.1, 0.15) is 23.7 Å². The SMILES string of the molecule is CCC(C)OC(=O)[C@H](Cc1ccc(OC(=O)N2CCN(c3ccccn3)CC2)cc1)NC(=O)C1CCC(=O)N1Cc1cccnc1. The maximum Gasteiger partial charge on any atom is 0.415 e. The zero-order chi connectivity index (χ0) is 32.5. The summed E-state index contributed by atoms with van der Waals surface area (Å²) in [5, 5.41) is 2.85. The zero-order valence-corrected chi connectivity index (χ0v) is 26.2. The van der Waals surface area contributed by atoms with Crippen LogP contribution < -0.4 is 15.0 Å². The van der Waals surface area contributed by atoms with E-state index in [2.05, 4.69) is 20.2 Å². The Morgan fingerprint density at radius 1 is 0.978 bits per heavy atom. The van der Waals surface area contributed by atoms with Crippen LogP contribution in [0.3, 0.4) is 0 Å². The van der Waals surface area contributed by atoms with Crippen LogP contribution in [-0.4, -0.2) is 88.0 Å². The molecule has 2 aromatic heterocycles. The number of likely N-dealkylation sites (tertiary alicyclic amines) is 1. The summed E-state index contributed by atoms with van der Waals surface area (Å²) in [6, 6.07) is 14.6. The number of hydrogen-bond donors (Lipinski definition) is 1. The minimum Gasteiger partial charge on any atom is -0.461 e. The molecule has 4 heterocycles. The van der Waals surface area contributed by atoms with E-state index in [1.807, 2.05) is 31.2 Å². The Hall–Kier alpha value is -5.00. The number of rotatable bonds is 11. The summed E-state index contributed by atoms with van der Waals surface area (Å²) in [5.41, 5.74) is 1.56. The number of piperazine rings is 1. The van der Waals surface area contributed by atoms with Gasteiger partial charge < -0.3 is 29.5 Å². The Labute approximate surface area is 268 Å². The summed E-state index contributed by atoms with van der Waals surface area (Å²) in [6.07, 6.45) is 5.70. The Balaban J connectivity index is 1.19. The van der Waals surface area contributed by atoms with Crippen LogP contribution in [0.5, 0.6) is 5.75 Å². The molecule has 46 heavy (non-hydrogen) atoms. The lowest BCUT2D eigenvalue weighted by Crippen LogP contribution is -2.51. The van der Waals surface area contributed by atoms with Crippen molar-refractivity contribution in [3.63, 3.8) is 0 Å². The molecule has 0 bridgehead atoms. The number of pyridine rings is 2. The molecule has 3 atom stereocenters. The Morgan fingerprint density at radius 2 is 1.76 bits per heavy atom. The molecule has 2 aliphatic rings. The summed E-state index contributed by atoms with van der Waals surface area (Å²) in [6.45, 7) is 6.30. The molecule has 0 radical (unpaired) electrons. The van der Waals surface area contributed by atoms with Gasteiger partial charge in [-0.25, -0.2) is 14.6 Å². The summed E-state index contributed by atoms with van der Waals surface area (Å²) >= 11 is 0. The van der Waals surface area contributed by atoms with E-state index in [0.717, 1.165) is 16.9 Å². The van der Waals surface area contributed by atoms with Crippen molar-refractivity contribution < 1.29 is 28.7 Å². The third-order valence-corrected chi connectivity index (χ3v) is 8.28. The van der Waals surface area contributed by atoms with Gasteiger partial charge in [0.2, 0.25) is 11.8 Å². The smallest absolute Gasteiger partial charge is 0.415 e. The van der Waals surface area contributed by atoms with Gasteiger partial charge in [-0.3, -0.25) is 14.6 Å². The molecule has 12 nitrogen and oxygen atoms in total. The van der Waals surface area contributed by atoms with Gasteiger partial charge in [0.25, 0.3) is 0 Å². The molecule has 12 heteroatoms. The van der Waals surface area contributed by atoms with Gasteiger partial charge in [0.05, 0.1) is 6.10 Å². The highest BCUT2D eigenvalue weighted by Gasteiger charge is 2.38. The molecule has 0 saturated carbocycles. The highest BCUT2D eigenvalue weighted by molar-refractivity contribution is 5.93. The average Bonchev–Trinajstić information content (AvgIpc) is 3.45. The van der Waals surface area contributed by atoms with Gasteiger partial charge >= 0.3 is 12.1 Å². The lowest BCUT2D eigenvalue weighted by atomic mass is 10.0. The molecule has 5 rings (SSSR count). The van der Waals surface area contributed by atoms with Crippen LogP contribution in [-0.2, 0) is 32.1 Å². The van der Waals surface area contributed by atoms with Crippen molar-refractivity contribution in [3.8, 4) is 5.75 Å². The molecule has 2 fully saturated rings. The lowest BCUT2D eigenvalue weighted by Gasteiger charge is -2.34. The molecular formula is C34H40N6O6. The molecular weight excluding hydrogens is 588 g/mol. The van der Waals surface area contributed by atoms with Crippen LogP contribution in [0.4, 0.5) is 10.6 Å². The van der Waals surface area contributed by atoms with Crippen molar-refractivity contribution in [3.05, 3.63) is 84.3 Å². The monoisotopic (exact) mass is 628 g/mol. The number of esters is 1. The normalized spacial score (nSPS) is 17.7. The zero-order valence-electron chi connectivity index (χ0n) is 26.2. The summed E-state index contributed by atoms with van der Waals surface area (Å²) in [4.78, 5) is 66.0. The van der Waals surface area contributed by atoms with E-state index in [-0.39, 0.29) is 31.4 Å². The molecule has 1 N–H and O–H groups in total. The van der Waals surface area contributed by atoms with Gasteiger partial charge in [0, 0.05) is 64.2 Å². The van der Waals surface area contributed by atoms with E-state index in [1.165, 1.54) is 4.90 Å². The van der Waals surface area contributed by atoms with Crippen molar-refractivity contribution in [1.82, 2.24) is 25.1 Å². The van der Waals surface area contributed by atoms with Crippen molar-refractivity contribution in [2.24, 2.45) is 0 Å². The van der Waals surface area contributed by atoms with Gasteiger partial charge in [0.15, 0.2) is 0 Å². The minimum atomic E-state index is -0.971. The standard InChI is InChI=1S/C34H40N6O6/c1-3-24(2)45-33(43)28(37-32(42)29-13-14-31(41)40(29)23-26-7-6-15-35-22-26)21-25-9-11-27(12-10-25)46-34(44)39-19-17-38(18-20-39)30-8-4-5-16-36-30/h4-12,15-16,22,24,28-29H,3,13-14,17-21,23H2,1-2H3,(H,37,42)/t24?,28-,29?/m0/s1. The number of carbonyl (C=O) groups excluding carboxylic acids is 4. The van der Waals surface area contributed by atoms with Crippen molar-refractivity contribution in [2.45, 2.75) is 64.3 Å². The second kappa shape index (κ2) is 15.3. The van der Waals surface area contributed by atoms with E-state index in [9.17, 15) is 19.2 Å². The highest BCUT2D eigenvalue weighted by atomic mass is 16.6. The fourth-order valence-corrected chi connectivity index (χ4v) is 5.47. The molecule has 1 aromatic carbocycles. The Kier molecular flexibility index (Phi) is 10.8. The number of hydrogen-bond acceptors (Lipinski definition) is 9. The number of anilines is 1. The highest BCUT2D eigenvalue weighted by Crippen LogP contribution is 2.23. The predicted octanol–water partition coefficient (Wildman–Crippen LogP) is 3.36. The number of nitrogens with one attached hydrogen (secondary N) is 1. The van der Waals surface area contributed by atoms with Crippen LogP contribution in [0.2, 0.25) is 0 Å². The molecule has 0 spiro atoms. The maximum atomic E-state index is 13.5. The third-order valence-electron chi connectivity index (χ3n) is 8.28. The molecule has 2 unspecified atom stereocenters. The minimum absolute atomic E-state index is 0.122. The van der Waals surface area contributed by atoms with Crippen molar-refractivity contribution in [2.75, 3.05) is 31.1 Å². The number of nitrogens with zero attached hydrogens (tertiary/aromatic N) is 5. The van der Waals surface area contributed by atoms with Crippen LogP contribution in [0.1, 0.15) is 44.2 Å². The average molecular weight is 629 g/mol. The third kappa shape index (κ3) is 8.38. The fourth-order valence-electron chi connectivity index (χ4n) is 5.47. The Bertz CT molecular complexity index is 1480. The van der Waals surface area contributed by atoms with Gasteiger partial charge in [-0.1, -0.05) is 31.2 Å². The number of aromatic nitrogens is 2. The Morgan fingerprint density at radius 3 is 2.43 bits per heavy atom. The topological polar surface area (TPSA) is 134 Å². The van der Waals surface area contributed by atoms with E-state index in [4.69, 9.17) is 9.47 Å². The van der Waals surface area contributed by atoms with Crippen molar-refractivity contribution in [1.29, 1.82) is 0 Å². The largest absolute Gasteiger partial charge is 0.461 e. The first-order valence-corrected chi connectivity index (χ1v) is 15.7. The number of benzene rings is 1. The first-order valence-electron chi connectivity index (χ1n) is 15.7. The van der Waals surface area contributed by atoms with Gasteiger partial charge in [-0.2, -0.15) is 0 Å². The quantitative estimate of drug-likeness (QED) is 0.317. The molecule has 2 aliphatic heterocycles. The first-order chi connectivity index (χ1) is 22.3. The number of ether oxygens (including phenoxy) is 2. The van der Waals surface area contributed by atoms with Crippen LogP contribution >= 0.6 is 0 Å². The van der Waals surface area contributed by atoms with E-state index < -0.39 is 30.1 Å². The van der Waals surface area contributed by atoms with E-state index in [1.54, 1.807) is 60.7 Å². The van der Waals surface area contributed by atoms with Gasteiger partial charge in [-0.05, 0) is 61.2 Å². The van der Waals surface area contributed by atoms with E-state index >= 15 is 0 Å². The van der Waals surface area contributed by atoms with Crippen molar-refractivity contribution >= 4 is 29.7 Å². The summed E-state index contributed by atoms with van der Waals surface area (Å²) in [5.74, 6) is 0.176. The molecule has 0 aliphatic carbocycles. The molecule has 2 saturated heterocycles. The maximum absolute atomic E-state index is 13.5. The molecule has 3 amide bonds. The molecule has 3 aromatic rings. The number of carbonyl (C=O) groups is 4. The van der Waals surface area contributed by atoms with E-state index in [0.29, 0.717) is 44.8 Å². The molecule has 242 valence electrons. The van der Waals surface area contributed by atoms with Gasteiger partial charge in [-0.15, -0.1) is 0 Å². The second-order valence-electron chi connectivity index (χ2n) is 11.5. The van der Waals surface area contributed by atoms with Crippen LogP contribution in [0.15, 0.2) is 73.2 Å². The summed E-state index contributed by atoms with van der Waals surface area (Å²) < 4.78 is 11.2. The lowest BCUT2D eigenvalue weighted by molar-refractivity contribution is -0.152. The van der Waals surface area contributed by atoms with Crippen LogP contribution in [0, 0.1) is 0 Å². The second-order valence-corrected chi connectivity index (χ2v) is 11.5. The van der Waals surface area contributed by atoms with Crippen LogP contribution in [0.25, 0.3) is 0 Å². The predicted molar refractivity (Wildman–Crippen MR) is 170 cm³/mol. The number of amides is 3. The fraction of sp³-hybridized carbons (Fsp3) is 0.412.